The molecule has 0 aromatic rings. The molecule has 366 valence electrons. The van der Waals surface area contributed by atoms with Gasteiger partial charge in [0, 0.05) is 12.8 Å². The lowest BCUT2D eigenvalue weighted by Gasteiger charge is -2.41. The van der Waals surface area contributed by atoms with Crippen LogP contribution in [0.1, 0.15) is 149 Å². The van der Waals surface area contributed by atoms with Gasteiger partial charge in [-0.1, -0.05) is 150 Å². The number of esters is 2. The Morgan fingerprint density at radius 3 is 1.75 bits per heavy atom. The van der Waals surface area contributed by atoms with Crippen molar-refractivity contribution in [2.45, 2.75) is 198 Å². The molecule has 0 aliphatic heterocycles. The van der Waals surface area contributed by atoms with Crippen LogP contribution in [0, 0.1) is 0 Å². The third-order valence-electron chi connectivity index (χ3n) is 10.3. The van der Waals surface area contributed by atoms with Gasteiger partial charge in [0.25, 0.3) is 0 Å². The molecule has 0 radical (unpaired) electrons. The van der Waals surface area contributed by atoms with Gasteiger partial charge in [0.15, 0.2) is 6.10 Å². The topological polar surface area (TPSA) is 230 Å². The number of rotatable bonds is 37. The number of phosphoric ester groups is 1. The summed E-state index contributed by atoms with van der Waals surface area (Å²) in [5, 5.41) is 60.2. The Kier molecular flexibility index (Phi) is 35.2. The molecule has 7 N–H and O–H groups in total. The van der Waals surface area contributed by atoms with Gasteiger partial charge >= 0.3 is 19.8 Å². The van der Waals surface area contributed by atoms with Crippen molar-refractivity contribution in [2.24, 2.45) is 0 Å². The molecule has 14 nitrogen and oxygen atoms in total. The highest BCUT2D eigenvalue weighted by molar-refractivity contribution is 7.47. The zero-order valence-electron chi connectivity index (χ0n) is 38.4. The summed E-state index contributed by atoms with van der Waals surface area (Å²) >= 11 is 0. The highest BCUT2D eigenvalue weighted by atomic mass is 31.2. The van der Waals surface area contributed by atoms with E-state index in [1.165, 1.54) is 38.5 Å². The monoisotopic (exact) mass is 925 g/mol. The Balaban J connectivity index is 2.54. The molecule has 0 saturated heterocycles. The summed E-state index contributed by atoms with van der Waals surface area (Å²) in [6, 6.07) is 0. The van der Waals surface area contributed by atoms with E-state index in [4.69, 9.17) is 18.5 Å². The van der Waals surface area contributed by atoms with Crippen LogP contribution in [0.2, 0.25) is 0 Å². The van der Waals surface area contributed by atoms with Crippen molar-refractivity contribution in [2.75, 3.05) is 13.2 Å². The first-order chi connectivity index (χ1) is 30.8. The number of aliphatic hydroxyl groups excluding tert-OH is 6. The maximum atomic E-state index is 12.8. The van der Waals surface area contributed by atoms with Gasteiger partial charge in [0.05, 0.1) is 12.7 Å². The molecule has 0 bridgehead atoms. The molecule has 0 aromatic heterocycles. The Hall–Kier alpha value is -3.01. The molecular weight excluding hydrogens is 843 g/mol. The van der Waals surface area contributed by atoms with Crippen LogP contribution in [0.25, 0.3) is 0 Å². The van der Waals surface area contributed by atoms with Gasteiger partial charge in [-0.25, -0.2) is 4.57 Å². The highest BCUT2D eigenvalue weighted by Crippen LogP contribution is 2.47. The highest BCUT2D eigenvalue weighted by Gasteiger charge is 2.51. The van der Waals surface area contributed by atoms with Gasteiger partial charge in [0.2, 0.25) is 0 Å². The molecule has 64 heavy (non-hydrogen) atoms. The zero-order valence-corrected chi connectivity index (χ0v) is 39.3. The molecule has 1 rings (SSSR count). The largest absolute Gasteiger partial charge is 0.472 e. The van der Waals surface area contributed by atoms with E-state index in [1.54, 1.807) is 6.08 Å². The normalized spacial score (nSPS) is 22.8. The maximum Gasteiger partial charge on any atom is 0.472 e. The fourth-order valence-electron chi connectivity index (χ4n) is 6.51. The number of hydrogen-bond donors (Lipinski definition) is 7. The maximum absolute atomic E-state index is 12.8. The fourth-order valence-corrected chi connectivity index (χ4v) is 7.48. The summed E-state index contributed by atoms with van der Waals surface area (Å²) in [5.74, 6) is -1.24. The summed E-state index contributed by atoms with van der Waals surface area (Å²) in [4.78, 5) is 35.7. The second kappa shape index (κ2) is 38.1. The molecule has 1 fully saturated rings. The molecule has 1 saturated carbocycles. The van der Waals surface area contributed by atoms with Crippen molar-refractivity contribution in [3.05, 3.63) is 85.1 Å². The van der Waals surface area contributed by atoms with E-state index in [9.17, 15) is 49.7 Å². The van der Waals surface area contributed by atoms with Crippen LogP contribution in [0.15, 0.2) is 85.1 Å². The van der Waals surface area contributed by atoms with Crippen LogP contribution < -0.4 is 0 Å². The van der Waals surface area contributed by atoms with Crippen LogP contribution in [0.5, 0.6) is 0 Å². The predicted octanol–water partition coefficient (Wildman–Crippen LogP) is 8.25. The van der Waals surface area contributed by atoms with Crippen LogP contribution in [-0.2, 0) is 32.7 Å². The Morgan fingerprint density at radius 1 is 0.578 bits per heavy atom. The van der Waals surface area contributed by atoms with E-state index >= 15 is 0 Å². The number of allylic oxidation sites excluding steroid dienone is 12. The quantitative estimate of drug-likeness (QED) is 0.0102. The molecule has 15 heteroatoms. The second-order valence-electron chi connectivity index (χ2n) is 16.1. The third kappa shape index (κ3) is 30.2. The van der Waals surface area contributed by atoms with Crippen molar-refractivity contribution < 1.29 is 68.2 Å². The average Bonchev–Trinajstić information content (AvgIpc) is 3.27. The van der Waals surface area contributed by atoms with E-state index in [2.05, 4.69) is 38.2 Å². The van der Waals surface area contributed by atoms with Crippen molar-refractivity contribution in [1.29, 1.82) is 0 Å². The van der Waals surface area contributed by atoms with Crippen LogP contribution in [0.4, 0.5) is 0 Å². The van der Waals surface area contributed by atoms with Crippen molar-refractivity contribution >= 4 is 19.8 Å². The van der Waals surface area contributed by atoms with Gasteiger partial charge < -0.3 is 45.0 Å². The summed E-state index contributed by atoms with van der Waals surface area (Å²) in [7, 11) is -5.15. The van der Waals surface area contributed by atoms with Gasteiger partial charge in [-0.2, -0.15) is 0 Å². The number of carbonyl (C=O) groups is 2. The minimum atomic E-state index is -5.15. The minimum absolute atomic E-state index is 0.0127. The van der Waals surface area contributed by atoms with Crippen LogP contribution in [0.3, 0.4) is 0 Å². The molecule has 1 aliphatic rings. The number of carbonyl (C=O) groups excluding carboxylic acids is 2. The molecule has 0 aromatic carbocycles. The van der Waals surface area contributed by atoms with Crippen LogP contribution >= 0.6 is 7.82 Å². The van der Waals surface area contributed by atoms with Gasteiger partial charge in [-0.3, -0.25) is 18.6 Å². The Labute approximate surface area is 382 Å². The van der Waals surface area contributed by atoms with E-state index in [0.29, 0.717) is 25.7 Å². The number of hydrogen-bond acceptors (Lipinski definition) is 13. The first-order valence-electron chi connectivity index (χ1n) is 23.5. The lowest BCUT2D eigenvalue weighted by atomic mass is 9.85. The second-order valence-corrected chi connectivity index (χ2v) is 17.5. The number of phosphoric acid groups is 1. The zero-order chi connectivity index (χ0) is 47.3. The molecule has 0 spiro atoms. The number of unbranched alkanes of at least 4 members (excludes halogenated alkanes) is 11. The molecule has 4 unspecified atom stereocenters. The third-order valence-corrected chi connectivity index (χ3v) is 11.3. The number of ether oxygens (including phenoxy) is 2. The average molecular weight is 925 g/mol. The Morgan fingerprint density at radius 2 is 1.11 bits per heavy atom. The van der Waals surface area contributed by atoms with Crippen molar-refractivity contribution in [3.8, 4) is 0 Å². The predicted molar refractivity (Wildman–Crippen MR) is 250 cm³/mol. The summed E-state index contributed by atoms with van der Waals surface area (Å²) in [6.45, 7) is 3.03. The summed E-state index contributed by atoms with van der Waals surface area (Å²) < 4.78 is 33.4. The molecular formula is C49H81O14P. The summed E-state index contributed by atoms with van der Waals surface area (Å²) in [6.07, 6.45) is 32.4. The van der Waals surface area contributed by atoms with Crippen molar-refractivity contribution in [3.63, 3.8) is 0 Å². The molecule has 0 amide bonds. The minimum Gasteiger partial charge on any atom is -0.462 e. The van der Waals surface area contributed by atoms with Gasteiger partial charge in [0.1, 0.15) is 43.2 Å². The van der Waals surface area contributed by atoms with E-state index < -0.39 is 81.8 Å². The molecule has 1 aliphatic carbocycles. The Bertz CT molecular complexity index is 1460. The lowest BCUT2D eigenvalue weighted by molar-refractivity contribution is -0.220. The smallest absolute Gasteiger partial charge is 0.462 e. The van der Waals surface area contributed by atoms with E-state index in [-0.39, 0.29) is 12.8 Å². The van der Waals surface area contributed by atoms with E-state index in [0.717, 1.165) is 57.8 Å². The first kappa shape index (κ1) is 59.0. The van der Waals surface area contributed by atoms with Crippen LogP contribution in [-0.4, -0.2) is 110 Å². The van der Waals surface area contributed by atoms with Gasteiger partial charge in [-0.05, 0) is 70.6 Å². The van der Waals surface area contributed by atoms with Crippen molar-refractivity contribution in [1.82, 2.24) is 0 Å². The molecule has 9 atom stereocenters. The first-order valence-corrected chi connectivity index (χ1v) is 25.0. The lowest BCUT2D eigenvalue weighted by Crippen LogP contribution is -2.64. The fraction of sp³-hybridized carbons (Fsp3) is 0.673. The van der Waals surface area contributed by atoms with Gasteiger partial charge in [-0.15, -0.1) is 0 Å². The standard InChI is InChI=1S/C49H81O14P/c1-3-5-7-9-11-12-13-14-15-16-17-22-25-29-33-37-43(52)62-41(39-61-64(58,59)63-49-47(56)45(54)44(53)46(55)48(49)57)38-60-42(51)36-32-28-24-21-19-18-20-23-27-31-35-40(50)34-30-26-10-8-6-4-2/h6,8,14-15,18-19,23-24,26-28,30-31,35,40-41,44-50,53-57H,3-5,7,9-13,16-17,20-22,25,29,32-34,36-39H2,1-2H3,(H,58,59)/b8-6-,15-14-,19-18-,27-23-,28-24-,30-26-,35-31+/t40?,41-,44?,45-,46+,47-,48-,49?/m1/s1. The number of aliphatic hydroxyl groups is 6. The van der Waals surface area contributed by atoms with E-state index in [1.807, 2.05) is 54.7 Å². The SMILES string of the molecule is CC/C=C\C/C=C\CC(O)/C=C/C=C\C/C=C\C/C=C\CCC(=O)OC[C@H](COP(=O)(O)OC1[C@H](O)[C@H](O)C(O)[C@H](O)[C@H]1O)OC(=O)CCCCCCC/C=C\CCCCCCCC. The summed E-state index contributed by atoms with van der Waals surface area (Å²) in [5.41, 5.74) is 0. The molecule has 0 heterocycles.